The van der Waals surface area contributed by atoms with Gasteiger partial charge in [0.25, 0.3) is 0 Å². The van der Waals surface area contributed by atoms with E-state index in [-0.39, 0.29) is 12.5 Å². The van der Waals surface area contributed by atoms with Gasteiger partial charge in [0, 0.05) is 32.4 Å². The number of amides is 1. The van der Waals surface area contributed by atoms with Gasteiger partial charge in [-0.25, -0.2) is 0 Å². The van der Waals surface area contributed by atoms with E-state index in [1.54, 1.807) is 15.8 Å². The molecular formula is C13H25N3O2. The maximum absolute atomic E-state index is 11.0. The summed E-state index contributed by atoms with van der Waals surface area (Å²) in [7, 11) is 0. The fourth-order valence-electron chi connectivity index (χ4n) is 1.75. The summed E-state index contributed by atoms with van der Waals surface area (Å²) in [5.41, 5.74) is -0.394. The molecular weight excluding hydrogens is 230 g/mol. The Labute approximate surface area is 109 Å². The highest BCUT2D eigenvalue weighted by molar-refractivity contribution is 5.74. The van der Waals surface area contributed by atoms with Crippen molar-refractivity contribution in [1.82, 2.24) is 14.7 Å². The van der Waals surface area contributed by atoms with E-state index in [2.05, 4.69) is 5.10 Å². The van der Waals surface area contributed by atoms with Crippen LogP contribution in [0.2, 0.25) is 0 Å². The maximum atomic E-state index is 11.0. The number of aliphatic hydroxyl groups excluding tert-OH is 1. The van der Waals surface area contributed by atoms with Crippen LogP contribution in [0, 0.1) is 0 Å². The highest BCUT2D eigenvalue weighted by atomic mass is 16.3. The van der Waals surface area contributed by atoms with Crippen molar-refractivity contribution in [2.24, 2.45) is 0 Å². The first-order valence-corrected chi connectivity index (χ1v) is 6.54. The van der Waals surface area contributed by atoms with Crippen molar-refractivity contribution < 1.29 is 9.90 Å². The van der Waals surface area contributed by atoms with Crippen LogP contribution in [0.3, 0.4) is 0 Å². The predicted molar refractivity (Wildman–Crippen MR) is 72.2 cm³/mol. The van der Waals surface area contributed by atoms with Crippen LogP contribution in [-0.2, 0) is 10.3 Å². The number of aliphatic hydroxyl groups is 1. The Hall–Kier alpha value is -1.36. The van der Waals surface area contributed by atoms with E-state index in [4.69, 9.17) is 0 Å². The van der Waals surface area contributed by atoms with Gasteiger partial charge in [0.2, 0.25) is 5.91 Å². The van der Waals surface area contributed by atoms with E-state index in [0.717, 1.165) is 0 Å². The van der Waals surface area contributed by atoms with Crippen LogP contribution >= 0.6 is 0 Å². The highest BCUT2D eigenvalue weighted by Gasteiger charge is 2.45. The minimum atomic E-state index is -0.394. The minimum absolute atomic E-state index is 0.0124. The third-order valence-corrected chi connectivity index (χ3v) is 2.70. The molecule has 0 unspecified atom stereocenters. The number of likely N-dealkylation sites (tertiary alicyclic amines) is 1. The van der Waals surface area contributed by atoms with Crippen LogP contribution in [0.5, 0.6) is 0 Å². The first-order valence-electron chi connectivity index (χ1n) is 6.54. The number of aromatic nitrogens is 2. The van der Waals surface area contributed by atoms with Gasteiger partial charge in [-0.3, -0.25) is 9.48 Å². The number of hydrogen-bond acceptors (Lipinski definition) is 3. The molecule has 1 saturated heterocycles. The van der Waals surface area contributed by atoms with Gasteiger partial charge in [-0.2, -0.15) is 5.10 Å². The van der Waals surface area contributed by atoms with E-state index in [9.17, 15) is 9.90 Å². The Bertz CT molecular complexity index is 330. The van der Waals surface area contributed by atoms with Gasteiger partial charge in [0.15, 0.2) is 0 Å². The SMILES string of the molecule is CC.CC.CC(=O)N1CC(CO)(n2cccn2)C1. The van der Waals surface area contributed by atoms with Crippen LogP contribution in [0.15, 0.2) is 18.5 Å². The largest absolute Gasteiger partial charge is 0.394 e. The lowest BCUT2D eigenvalue weighted by Crippen LogP contribution is -2.65. The van der Waals surface area contributed by atoms with Crippen molar-refractivity contribution in [2.45, 2.75) is 40.2 Å². The summed E-state index contributed by atoms with van der Waals surface area (Å²) >= 11 is 0. The van der Waals surface area contributed by atoms with Gasteiger partial charge in [-0.15, -0.1) is 0 Å². The minimum Gasteiger partial charge on any atom is -0.394 e. The fraction of sp³-hybridized carbons (Fsp3) is 0.692. The number of carbonyl (C=O) groups excluding carboxylic acids is 1. The standard InChI is InChI=1S/C9H13N3O2.2C2H6/c1-8(14)11-5-9(6-11,7-13)12-4-2-3-10-12;2*1-2/h2-4,13H,5-7H2,1H3;2*1-2H3. The molecule has 1 aromatic heterocycles. The smallest absolute Gasteiger partial charge is 0.219 e. The van der Waals surface area contributed by atoms with Crippen LogP contribution in [0.4, 0.5) is 0 Å². The van der Waals surface area contributed by atoms with Crippen LogP contribution in [0.1, 0.15) is 34.6 Å². The molecule has 0 spiro atoms. The molecule has 1 aromatic rings. The number of rotatable bonds is 2. The van der Waals surface area contributed by atoms with Gasteiger partial charge in [0.05, 0.1) is 6.61 Å². The molecule has 1 fully saturated rings. The Morgan fingerprint density at radius 2 is 1.89 bits per heavy atom. The molecule has 0 saturated carbocycles. The van der Waals surface area contributed by atoms with Crippen LogP contribution < -0.4 is 0 Å². The lowest BCUT2D eigenvalue weighted by atomic mass is 9.91. The van der Waals surface area contributed by atoms with Gasteiger partial charge >= 0.3 is 0 Å². The Balaban J connectivity index is 0.000000659. The van der Waals surface area contributed by atoms with Crippen LogP contribution in [-0.4, -0.2) is 45.4 Å². The highest BCUT2D eigenvalue weighted by Crippen LogP contribution is 2.27. The Morgan fingerprint density at radius 1 is 1.33 bits per heavy atom. The molecule has 5 nitrogen and oxygen atoms in total. The summed E-state index contributed by atoms with van der Waals surface area (Å²) in [5, 5.41) is 13.4. The molecule has 5 heteroatoms. The second kappa shape index (κ2) is 7.87. The van der Waals surface area contributed by atoms with E-state index < -0.39 is 5.54 Å². The number of hydrogen-bond donors (Lipinski definition) is 1. The lowest BCUT2D eigenvalue weighted by Gasteiger charge is -2.48. The quantitative estimate of drug-likeness (QED) is 0.871. The zero-order chi connectivity index (χ0) is 14.2. The lowest BCUT2D eigenvalue weighted by molar-refractivity contribution is -0.142. The van der Waals surface area contributed by atoms with Crippen molar-refractivity contribution in [1.29, 1.82) is 0 Å². The van der Waals surface area contributed by atoms with Crippen molar-refractivity contribution in [3.63, 3.8) is 0 Å². The first-order chi connectivity index (χ1) is 8.68. The van der Waals surface area contributed by atoms with Crippen molar-refractivity contribution >= 4 is 5.91 Å². The molecule has 2 rings (SSSR count). The second-order valence-corrected chi connectivity index (χ2v) is 3.71. The molecule has 0 aromatic carbocycles. The first kappa shape index (κ1) is 16.6. The summed E-state index contributed by atoms with van der Waals surface area (Å²) in [6, 6.07) is 1.81. The number of nitrogens with zero attached hydrogens (tertiary/aromatic N) is 3. The molecule has 1 aliphatic rings. The van der Waals surface area contributed by atoms with E-state index >= 15 is 0 Å². The van der Waals surface area contributed by atoms with E-state index in [0.29, 0.717) is 13.1 Å². The Morgan fingerprint density at radius 3 is 2.22 bits per heavy atom. The third kappa shape index (κ3) is 3.32. The molecule has 1 N–H and O–H groups in total. The van der Waals surface area contributed by atoms with Crippen molar-refractivity contribution in [3.05, 3.63) is 18.5 Å². The Kier molecular flexibility index (Phi) is 7.27. The predicted octanol–water partition coefficient (Wildman–Crippen LogP) is 1.49. The van der Waals surface area contributed by atoms with Crippen molar-refractivity contribution in [3.8, 4) is 0 Å². The topological polar surface area (TPSA) is 58.4 Å². The summed E-state index contributed by atoms with van der Waals surface area (Å²) in [6.07, 6.45) is 3.49. The molecule has 0 radical (unpaired) electrons. The van der Waals surface area contributed by atoms with E-state index in [1.807, 2.05) is 40.0 Å². The van der Waals surface area contributed by atoms with Gasteiger partial charge in [-0.05, 0) is 6.07 Å². The van der Waals surface area contributed by atoms with E-state index in [1.165, 1.54) is 6.92 Å². The fourth-order valence-corrected chi connectivity index (χ4v) is 1.75. The van der Waals surface area contributed by atoms with Gasteiger partial charge < -0.3 is 10.0 Å². The molecule has 1 aliphatic heterocycles. The van der Waals surface area contributed by atoms with Crippen LogP contribution in [0.25, 0.3) is 0 Å². The molecule has 0 aliphatic carbocycles. The summed E-state index contributed by atoms with van der Waals surface area (Å²) in [6.45, 7) is 10.6. The second-order valence-electron chi connectivity index (χ2n) is 3.71. The van der Waals surface area contributed by atoms with Gasteiger partial charge in [-0.1, -0.05) is 27.7 Å². The average Bonchev–Trinajstić information content (AvgIpc) is 2.88. The molecule has 0 atom stereocenters. The monoisotopic (exact) mass is 255 g/mol. The zero-order valence-corrected chi connectivity index (χ0v) is 12.1. The average molecular weight is 255 g/mol. The van der Waals surface area contributed by atoms with Crippen molar-refractivity contribution in [2.75, 3.05) is 19.7 Å². The normalized spacial score (nSPS) is 15.6. The molecule has 18 heavy (non-hydrogen) atoms. The molecule has 1 amide bonds. The molecule has 104 valence electrons. The zero-order valence-electron chi connectivity index (χ0n) is 12.1. The molecule has 0 bridgehead atoms. The summed E-state index contributed by atoms with van der Waals surface area (Å²) in [4.78, 5) is 12.7. The number of carbonyl (C=O) groups is 1. The summed E-state index contributed by atoms with van der Waals surface area (Å²) < 4.78 is 1.73. The third-order valence-electron chi connectivity index (χ3n) is 2.70. The summed E-state index contributed by atoms with van der Waals surface area (Å²) in [5.74, 6) is 0.0428. The van der Waals surface area contributed by atoms with Gasteiger partial charge in [0.1, 0.15) is 5.54 Å². The maximum Gasteiger partial charge on any atom is 0.219 e. The molecule has 2 heterocycles.